The van der Waals surface area contributed by atoms with Crippen LogP contribution in [0.2, 0.25) is 0 Å². The molecule has 1 aliphatic rings. The first-order chi connectivity index (χ1) is 9.29. The quantitative estimate of drug-likeness (QED) is 0.821. The maximum Gasteiger partial charge on any atom is 0.442 e. The summed E-state index contributed by atoms with van der Waals surface area (Å²) in [5, 5.41) is 3.80. The molecule has 1 fully saturated rings. The second-order valence-corrected chi connectivity index (χ2v) is 6.70. The molecule has 0 spiro atoms. The van der Waals surface area contributed by atoms with Crippen molar-refractivity contribution < 1.29 is 9.32 Å². The van der Waals surface area contributed by atoms with Crippen molar-refractivity contribution in [3.63, 3.8) is 0 Å². The normalized spacial score (nSPS) is 20.2. The summed E-state index contributed by atoms with van der Waals surface area (Å²) in [7, 11) is 0. The zero-order valence-corrected chi connectivity index (χ0v) is 12.7. The lowest BCUT2D eigenvalue weighted by molar-refractivity contribution is -0.133. The van der Waals surface area contributed by atoms with Crippen molar-refractivity contribution >= 4 is 5.91 Å². The third kappa shape index (κ3) is 3.11. The average molecular weight is 281 g/mol. The summed E-state index contributed by atoms with van der Waals surface area (Å²) in [5.74, 6) is 0.440. The molecule has 0 saturated carbocycles. The van der Waals surface area contributed by atoms with Gasteiger partial charge < -0.3 is 4.90 Å². The zero-order chi connectivity index (χ0) is 14.9. The lowest BCUT2D eigenvalue weighted by atomic mass is 9.95. The molecule has 6 heteroatoms. The first kappa shape index (κ1) is 14.8. The fourth-order valence-electron chi connectivity index (χ4n) is 2.60. The number of hydrogen-bond donors (Lipinski definition) is 0. The molecule has 0 N–H and O–H groups in total. The highest BCUT2D eigenvalue weighted by molar-refractivity contribution is 5.76. The number of hydrogen-bond acceptors (Lipinski definition) is 4. The van der Waals surface area contributed by atoms with Gasteiger partial charge in [-0.25, -0.2) is 4.79 Å². The van der Waals surface area contributed by atoms with Crippen molar-refractivity contribution in [1.82, 2.24) is 14.6 Å². The van der Waals surface area contributed by atoms with Gasteiger partial charge in [0, 0.05) is 18.5 Å². The second kappa shape index (κ2) is 5.42. The minimum Gasteiger partial charge on any atom is -0.341 e. The van der Waals surface area contributed by atoms with Gasteiger partial charge in [0.1, 0.15) is 6.54 Å². The number of nitrogens with zero attached hydrogens (tertiary/aromatic N) is 3. The van der Waals surface area contributed by atoms with Crippen LogP contribution >= 0.6 is 0 Å². The number of rotatable bonds is 2. The van der Waals surface area contributed by atoms with E-state index in [-0.39, 0.29) is 17.9 Å². The van der Waals surface area contributed by atoms with E-state index in [4.69, 9.17) is 4.52 Å². The topological polar surface area (TPSA) is 68.3 Å². The Bertz CT molecular complexity index is 539. The zero-order valence-electron chi connectivity index (χ0n) is 12.7. The molecule has 0 radical (unpaired) electrons. The molecule has 2 rings (SSSR count). The van der Waals surface area contributed by atoms with E-state index in [2.05, 4.69) is 12.1 Å². The smallest absolute Gasteiger partial charge is 0.341 e. The largest absolute Gasteiger partial charge is 0.442 e. The van der Waals surface area contributed by atoms with Crippen LogP contribution in [0.5, 0.6) is 0 Å². The van der Waals surface area contributed by atoms with E-state index in [1.807, 2.05) is 25.7 Å². The number of likely N-dealkylation sites (tertiary alicyclic amines) is 1. The van der Waals surface area contributed by atoms with Gasteiger partial charge in [0.25, 0.3) is 0 Å². The Labute approximate surface area is 118 Å². The first-order valence-electron chi connectivity index (χ1n) is 7.14. The molecule has 1 unspecified atom stereocenters. The minimum atomic E-state index is -0.562. The van der Waals surface area contributed by atoms with Gasteiger partial charge in [-0.15, -0.1) is 0 Å². The molecule has 1 saturated heterocycles. The fraction of sp³-hybridized carbons (Fsp3) is 0.786. The van der Waals surface area contributed by atoms with Crippen LogP contribution < -0.4 is 5.76 Å². The highest BCUT2D eigenvalue weighted by Gasteiger charge is 2.27. The van der Waals surface area contributed by atoms with Crippen LogP contribution in [0.4, 0.5) is 0 Å². The van der Waals surface area contributed by atoms with Gasteiger partial charge >= 0.3 is 5.76 Å². The number of piperidine rings is 1. The SMILES string of the molecule is CC1CCCN(C(=O)Cn2c(C(C)(C)C)noc2=O)C1. The van der Waals surface area contributed by atoms with E-state index in [1.54, 1.807) is 0 Å². The fourth-order valence-corrected chi connectivity index (χ4v) is 2.60. The molecule has 112 valence electrons. The van der Waals surface area contributed by atoms with E-state index >= 15 is 0 Å². The van der Waals surface area contributed by atoms with Crippen LogP contribution in [0.15, 0.2) is 9.32 Å². The van der Waals surface area contributed by atoms with Gasteiger partial charge in [0.05, 0.1) is 0 Å². The number of amides is 1. The van der Waals surface area contributed by atoms with Crippen LogP contribution in [-0.2, 0) is 16.8 Å². The van der Waals surface area contributed by atoms with Crippen molar-refractivity contribution in [3.8, 4) is 0 Å². The van der Waals surface area contributed by atoms with E-state index in [0.717, 1.165) is 25.9 Å². The lowest BCUT2D eigenvalue weighted by Crippen LogP contribution is -2.42. The van der Waals surface area contributed by atoms with Crippen molar-refractivity contribution in [2.24, 2.45) is 5.92 Å². The lowest BCUT2D eigenvalue weighted by Gasteiger charge is -2.31. The van der Waals surface area contributed by atoms with Gasteiger partial charge in [-0.1, -0.05) is 32.9 Å². The van der Waals surface area contributed by atoms with Crippen molar-refractivity contribution in [2.75, 3.05) is 13.1 Å². The molecule has 20 heavy (non-hydrogen) atoms. The molecule has 1 atom stereocenters. The van der Waals surface area contributed by atoms with Crippen LogP contribution in [-0.4, -0.2) is 33.6 Å². The van der Waals surface area contributed by atoms with Gasteiger partial charge in [-0.3, -0.25) is 13.9 Å². The predicted molar refractivity (Wildman–Crippen MR) is 74.4 cm³/mol. The molecular weight excluding hydrogens is 258 g/mol. The third-order valence-corrected chi connectivity index (χ3v) is 3.66. The molecule has 1 aromatic heterocycles. The van der Waals surface area contributed by atoms with Gasteiger partial charge in [0.2, 0.25) is 5.91 Å². The molecule has 1 aliphatic heterocycles. The van der Waals surface area contributed by atoms with Crippen molar-refractivity contribution in [3.05, 3.63) is 16.4 Å². The third-order valence-electron chi connectivity index (χ3n) is 3.66. The van der Waals surface area contributed by atoms with Gasteiger partial charge in [-0.2, -0.15) is 0 Å². The van der Waals surface area contributed by atoms with E-state index in [9.17, 15) is 9.59 Å². The summed E-state index contributed by atoms with van der Waals surface area (Å²) in [6, 6.07) is 0. The average Bonchev–Trinajstić information content (AvgIpc) is 2.71. The molecule has 0 aliphatic carbocycles. The monoisotopic (exact) mass is 281 g/mol. The van der Waals surface area contributed by atoms with Crippen molar-refractivity contribution in [2.45, 2.75) is 52.5 Å². The Balaban J connectivity index is 2.16. The standard InChI is InChI=1S/C14H23N3O3/c1-10-6-5-7-16(8-10)11(18)9-17-12(14(2,3)4)15-20-13(17)19/h10H,5-9H2,1-4H3. The Hall–Kier alpha value is -1.59. The molecule has 1 aromatic rings. The van der Waals surface area contributed by atoms with Crippen LogP contribution in [0.25, 0.3) is 0 Å². The van der Waals surface area contributed by atoms with Crippen molar-refractivity contribution in [1.29, 1.82) is 0 Å². The number of carbonyl (C=O) groups excluding carboxylic acids is 1. The summed E-state index contributed by atoms with van der Waals surface area (Å²) in [4.78, 5) is 25.9. The van der Waals surface area contributed by atoms with Crippen LogP contribution in [0.3, 0.4) is 0 Å². The summed E-state index contributed by atoms with van der Waals surface area (Å²) in [6.07, 6.45) is 2.18. The Morgan fingerprint density at radius 1 is 1.45 bits per heavy atom. The summed E-state index contributed by atoms with van der Waals surface area (Å²) < 4.78 is 6.07. The second-order valence-electron chi connectivity index (χ2n) is 6.70. The summed E-state index contributed by atoms with van der Waals surface area (Å²) in [5.41, 5.74) is -0.332. The summed E-state index contributed by atoms with van der Waals surface area (Å²) >= 11 is 0. The molecule has 6 nitrogen and oxygen atoms in total. The highest BCUT2D eigenvalue weighted by atomic mass is 16.5. The Kier molecular flexibility index (Phi) is 4.01. The van der Waals surface area contributed by atoms with Crippen LogP contribution in [0, 0.1) is 5.92 Å². The molecule has 0 bridgehead atoms. The maximum absolute atomic E-state index is 12.3. The van der Waals surface area contributed by atoms with E-state index in [1.165, 1.54) is 4.57 Å². The number of aromatic nitrogens is 2. The Morgan fingerprint density at radius 2 is 2.15 bits per heavy atom. The summed E-state index contributed by atoms with van der Waals surface area (Å²) in [6.45, 7) is 9.52. The van der Waals surface area contributed by atoms with Crippen LogP contribution in [0.1, 0.15) is 46.4 Å². The van der Waals surface area contributed by atoms with E-state index < -0.39 is 5.76 Å². The first-order valence-corrected chi connectivity index (χ1v) is 7.14. The Morgan fingerprint density at radius 3 is 2.75 bits per heavy atom. The van der Waals surface area contributed by atoms with Gasteiger partial charge in [0.15, 0.2) is 5.82 Å². The molecule has 1 amide bonds. The highest BCUT2D eigenvalue weighted by Crippen LogP contribution is 2.20. The molecular formula is C14H23N3O3. The minimum absolute atomic E-state index is 0.0155. The maximum atomic E-state index is 12.3. The molecule has 0 aromatic carbocycles. The van der Waals surface area contributed by atoms with Gasteiger partial charge in [-0.05, 0) is 18.8 Å². The van der Waals surface area contributed by atoms with E-state index in [0.29, 0.717) is 11.7 Å². The number of carbonyl (C=O) groups is 1. The predicted octanol–water partition coefficient (Wildman–Crippen LogP) is 1.39. The molecule has 2 heterocycles.